The molecule has 3 heteroatoms. The normalized spacial score (nSPS) is 10.7. The van der Waals surface area contributed by atoms with Crippen molar-refractivity contribution in [3.8, 4) is 0 Å². The van der Waals surface area contributed by atoms with Gasteiger partial charge < -0.3 is 24.0 Å². The van der Waals surface area contributed by atoms with E-state index in [-0.39, 0.29) is 24.0 Å². The highest BCUT2D eigenvalue weighted by Crippen LogP contribution is 2.15. The summed E-state index contributed by atoms with van der Waals surface area (Å²) in [5, 5.41) is 2.45. The molecule has 0 amide bonds. The lowest BCUT2D eigenvalue weighted by Crippen LogP contribution is -3.00. The Morgan fingerprint density at radius 1 is 0.870 bits per heavy atom. The van der Waals surface area contributed by atoms with Crippen molar-refractivity contribution >= 4 is 21.8 Å². The zero-order valence-corrected chi connectivity index (χ0v) is 15.1. The quantitative estimate of drug-likeness (QED) is 0.355. The lowest BCUT2D eigenvalue weighted by atomic mass is 10.1. The van der Waals surface area contributed by atoms with E-state index in [1.807, 2.05) is 0 Å². The molecular formula is C20H17IN2. The van der Waals surface area contributed by atoms with Gasteiger partial charge in [-0.3, -0.25) is 0 Å². The van der Waals surface area contributed by atoms with Crippen molar-refractivity contribution in [3.05, 3.63) is 84.2 Å². The average Bonchev–Trinajstić information content (AvgIpc) is 2.55. The molecule has 0 bridgehead atoms. The molecule has 0 aliphatic heterocycles. The Balaban J connectivity index is 0.00000156. The number of para-hydroxylation sites is 1. The van der Waals surface area contributed by atoms with Crippen LogP contribution in [0.3, 0.4) is 0 Å². The molecule has 0 radical (unpaired) electrons. The molecule has 114 valence electrons. The molecule has 0 saturated carbocycles. The first-order chi connectivity index (χ1) is 10.8. The highest BCUT2D eigenvalue weighted by atomic mass is 127. The summed E-state index contributed by atoms with van der Waals surface area (Å²) in [5.74, 6) is 0. The minimum atomic E-state index is 0. The Bertz CT molecular complexity index is 974. The van der Waals surface area contributed by atoms with Crippen LogP contribution in [-0.2, 0) is 6.54 Å². The van der Waals surface area contributed by atoms with Crippen LogP contribution in [0.2, 0.25) is 0 Å². The molecule has 0 unspecified atom stereocenters. The van der Waals surface area contributed by atoms with E-state index in [1.165, 1.54) is 21.9 Å². The van der Waals surface area contributed by atoms with Crippen molar-refractivity contribution in [2.75, 3.05) is 0 Å². The van der Waals surface area contributed by atoms with Gasteiger partial charge in [0.25, 0.3) is 0 Å². The van der Waals surface area contributed by atoms with Gasteiger partial charge in [-0.1, -0.05) is 29.8 Å². The number of fused-ring (bicyclic) bond motifs is 2. The number of nitrogens with zero attached hydrogens (tertiary/aromatic N) is 2. The molecule has 2 aromatic carbocycles. The summed E-state index contributed by atoms with van der Waals surface area (Å²) < 4.78 is 2.25. The first-order valence-electron chi connectivity index (χ1n) is 7.53. The number of halogens is 1. The van der Waals surface area contributed by atoms with Crippen LogP contribution >= 0.6 is 0 Å². The number of aryl methyl sites for hydroxylation is 1. The fraction of sp³-hybridized carbons (Fsp3) is 0.100. The van der Waals surface area contributed by atoms with Crippen molar-refractivity contribution in [2.24, 2.45) is 0 Å². The fourth-order valence-electron chi connectivity index (χ4n) is 2.91. The molecule has 0 saturated heterocycles. The third kappa shape index (κ3) is 3.20. The van der Waals surface area contributed by atoms with Crippen molar-refractivity contribution in [3.63, 3.8) is 0 Å². The molecule has 2 aromatic heterocycles. The SMILES string of the molecule is Cc1ccc2nc(C[n+]3cccc4ccccc43)ccc2c1.[I-]. The number of aromatic nitrogens is 2. The molecule has 23 heavy (non-hydrogen) atoms. The fourth-order valence-corrected chi connectivity index (χ4v) is 2.91. The Hall–Kier alpha value is -2.01. The summed E-state index contributed by atoms with van der Waals surface area (Å²) in [7, 11) is 0. The molecule has 4 aromatic rings. The molecular weight excluding hydrogens is 395 g/mol. The summed E-state index contributed by atoms with van der Waals surface area (Å²) in [6.07, 6.45) is 2.11. The van der Waals surface area contributed by atoms with Gasteiger partial charge in [0.2, 0.25) is 5.52 Å². The highest BCUT2D eigenvalue weighted by molar-refractivity contribution is 5.79. The van der Waals surface area contributed by atoms with Crippen LogP contribution in [0.4, 0.5) is 0 Å². The van der Waals surface area contributed by atoms with E-state index in [2.05, 4.69) is 84.4 Å². The van der Waals surface area contributed by atoms with Gasteiger partial charge in [-0.2, -0.15) is 4.57 Å². The highest BCUT2D eigenvalue weighted by Gasteiger charge is 2.09. The Kier molecular flexibility index (Phi) is 4.57. The molecule has 0 aliphatic carbocycles. The number of hydrogen-bond donors (Lipinski definition) is 0. The van der Waals surface area contributed by atoms with Crippen molar-refractivity contribution in [1.82, 2.24) is 4.98 Å². The van der Waals surface area contributed by atoms with E-state index in [9.17, 15) is 0 Å². The van der Waals surface area contributed by atoms with Crippen molar-refractivity contribution in [1.29, 1.82) is 0 Å². The van der Waals surface area contributed by atoms with Crippen LogP contribution in [0.25, 0.3) is 21.8 Å². The summed E-state index contributed by atoms with van der Waals surface area (Å²) in [5.41, 5.74) is 4.64. The Morgan fingerprint density at radius 3 is 2.61 bits per heavy atom. The van der Waals surface area contributed by atoms with Gasteiger partial charge in [-0.25, -0.2) is 4.98 Å². The minimum absolute atomic E-state index is 0. The molecule has 0 N–H and O–H groups in total. The van der Waals surface area contributed by atoms with Gasteiger partial charge in [-0.15, -0.1) is 0 Å². The summed E-state index contributed by atoms with van der Waals surface area (Å²) in [6.45, 7) is 2.89. The van der Waals surface area contributed by atoms with E-state index < -0.39 is 0 Å². The first-order valence-corrected chi connectivity index (χ1v) is 7.53. The average molecular weight is 412 g/mol. The third-order valence-corrected chi connectivity index (χ3v) is 4.02. The van der Waals surface area contributed by atoms with E-state index in [4.69, 9.17) is 4.98 Å². The largest absolute Gasteiger partial charge is 1.00 e. The summed E-state index contributed by atoms with van der Waals surface area (Å²) in [4.78, 5) is 4.80. The van der Waals surface area contributed by atoms with Crippen LogP contribution in [0.1, 0.15) is 11.3 Å². The van der Waals surface area contributed by atoms with Crippen molar-refractivity contribution < 1.29 is 28.5 Å². The van der Waals surface area contributed by atoms with E-state index in [1.54, 1.807) is 0 Å². The van der Waals surface area contributed by atoms with Gasteiger partial charge in [0.1, 0.15) is 5.69 Å². The zero-order valence-electron chi connectivity index (χ0n) is 12.9. The molecule has 2 nitrogen and oxygen atoms in total. The van der Waals surface area contributed by atoms with Crippen molar-refractivity contribution in [2.45, 2.75) is 13.5 Å². The van der Waals surface area contributed by atoms with E-state index in [0.717, 1.165) is 17.8 Å². The Labute approximate surface area is 152 Å². The monoisotopic (exact) mass is 412 g/mol. The van der Waals surface area contributed by atoms with Crippen LogP contribution in [0, 0.1) is 6.92 Å². The first kappa shape index (κ1) is 15.9. The van der Waals surface area contributed by atoms with Gasteiger partial charge in [-0.05, 0) is 37.3 Å². The second-order valence-corrected chi connectivity index (χ2v) is 5.69. The second-order valence-electron chi connectivity index (χ2n) is 5.69. The molecule has 0 aliphatic rings. The molecule has 0 atom stereocenters. The molecule has 0 fully saturated rings. The topological polar surface area (TPSA) is 16.8 Å². The summed E-state index contributed by atoms with van der Waals surface area (Å²) >= 11 is 0. The van der Waals surface area contributed by atoms with Gasteiger partial charge >= 0.3 is 0 Å². The number of benzene rings is 2. The van der Waals surface area contributed by atoms with Gasteiger partial charge in [0.15, 0.2) is 12.7 Å². The maximum atomic E-state index is 4.80. The van der Waals surface area contributed by atoms with Gasteiger partial charge in [0, 0.05) is 22.9 Å². The zero-order chi connectivity index (χ0) is 14.9. The second kappa shape index (κ2) is 6.62. The molecule has 0 spiro atoms. The molecule has 4 rings (SSSR count). The van der Waals surface area contributed by atoms with Crippen LogP contribution in [0.15, 0.2) is 72.9 Å². The third-order valence-electron chi connectivity index (χ3n) is 4.02. The minimum Gasteiger partial charge on any atom is -1.00 e. The number of pyridine rings is 2. The summed E-state index contributed by atoms with van der Waals surface area (Å²) in [6, 6.07) is 23.4. The number of rotatable bonds is 2. The molecule has 2 heterocycles. The maximum absolute atomic E-state index is 4.80. The predicted molar refractivity (Wildman–Crippen MR) is 89.7 cm³/mol. The van der Waals surface area contributed by atoms with Crippen LogP contribution in [0.5, 0.6) is 0 Å². The standard InChI is InChI=1S/C20H17N2.HI/c1-15-8-11-19-17(13-15)9-10-18(21-19)14-22-12-4-6-16-5-2-3-7-20(16)22;/h2-13H,14H2,1H3;1H/q+1;/p-1. The smallest absolute Gasteiger partial charge is 0.212 e. The van der Waals surface area contributed by atoms with Crippen LogP contribution < -0.4 is 28.5 Å². The Morgan fingerprint density at radius 2 is 1.70 bits per heavy atom. The van der Waals surface area contributed by atoms with Crippen LogP contribution in [-0.4, -0.2) is 4.98 Å². The van der Waals surface area contributed by atoms with Gasteiger partial charge in [0.05, 0.1) is 5.52 Å². The van der Waals surface area contributed by atoms with E-state index >= 15 is 0 Å². The lowest BCUT2D eigenvalue weighted by Gasteiger charge is -2.03. The lowest BCUT2D eigenvalue weighted by molar-refractivity contribution is -0.662. The number of hydrogen-bond acceptors (Lipinski definition) is 1. The maximum Gasteiger partial charge on any atom is 0.212 e. The predicted octanol–water partition coefficient (Wildman–Crippen LogP) is 1.04. The van der Waals surface area contributed by atoms with E-state index in [0.29, 0.717) is 0 Å².